The van der Waals surface area contributed by atoms with Crippen LogP contribution in [-0.2, 0) is 10.0 Å². The van der Waals surface area contributed by atoms with Gasteiger partial charge in [0, 0.05) is 24.8 Å². The molecule has 1 aromatic rings. The van der Waals surface area contributed by atoms with E-state index in [1.54, 1.807) is 0 Å². The molecule has 0 saturated carbocycles. The Balaban J connectivity index is 2.15. The maximum Gasteiger partial charge on any atom is 0.268 e. The Morgan fingerprint density at radius 1 is 1.32 bits per heavy atom. The molecule has 0 spiro atoms. The summed E-state index contributed by atoms with van der Waals surface area (Å²) in [5.41, 5.74) is -0.0502. The van der Waals surface area contributed by atoms with E-state index in [0.29, 0.717) is 13.1 Å². The van der Waals surface area contributed by atoms with E-state index in [-0.39, 0.29) is 22.0 Å². The van der Waals surface area contributed by atoms with Crippen LogP contribution >= 0.6 is 0 Å². The highest BCUT2D eigenvalue weighted by molar-refractivity contribution is 7.89. The highest BCUT2D eigenvalue weighted by Crippen LogP contribution is 2.21. The molecule has 1 aliphatic heterocycles. The second-order valence-electron chi connectivity index (χ2n) is 6.41. The van der Waals surface area contributed by atoms with Crippen LogP contribution in [0.25, 0.3) is 0 Å². The summed E-state index contributed by atoms with van der Waals surface area (Å²) in [6, 6.07) is 1.42. The molecule has 1 aliphatic rings. The summed E-state index contributed by atoms with van der Waals surface area (Å²) in [5.74, 6) is -0.285. The molecule has 0 aliphatic carbocycles. The number of hydrogen-bond acceptors (Lipinski definition) is 3. The summed E-state index contributed by atoms with van der Waals surface area (Å²) >= 11 is 0. The average Bonchev–Trinajstić information content (AvgIpc) is 2.98. The van der Waals surface area contributed by atoms with Gasteiger partial charge in [-0.3, -0.25) is 4.79 Å². The largest absolute Gasteiger partial charge is 0.356 e. The molecule has 2 heterocycles. The molecule has 6 nitrogen and oxygen atoms in total. The predicted octanol–water partition coefficient (Wildman–Crippen LogP) is 2.11. The lowest BCUT2D eigenvalue weighted by molar-refractivity contribution is 0.0906. The summed E-state index contributed by atoms with van der Waals surface area (Å²) in [4.78, 5) is 15.1. The summed E-state index contributed by atoms with van der Waals surface area (Å²) in [6.07, 6.45) is 5.04. The third-order valence-electron chi connectivity index (χ3n) is 4.19. The normalized spacial score (nSPS) is 17.4. The number of carbonyl (C=O) groups excluding carboxylic acids is 1. The number of rotatable bonds is 5. The first-order valence-electron chi connectivity index (χ1n) is 7.77. The first kappa shape index (κ1) is 17.0. The predicted molar refractivity (Wildman–Crippen MR) is 85.2 cm³/mol. The topological polar surface area (TPSA) is 82.3 Å². The van der Waals surface area contributed by atoms with E-state index in [1.807, 2.05) is 20.8 Å². The van der Waals surface area contributed by atoms with Crippen LogP contribution in [0.1, 0.15) is 56.9 Å². The first-order chi connectivity index (χ1) is 10.3. The van der Waals surface area contributed by atoms with Crippen LogP contribution in [0, 0.1) is 0 Å². The van der Waals surface area contributed by atoms with E-state index in [0.717, 1.165) is 25.7 Å². The minimum atomic E-state index is -3.50. The van der Waals surface area contributed by atoms with Gasteiger partial charge in [0.2, 0.25) is 10.0 Å². The van der Waals surface area contributed by atoms with Crippen LogP contribution < -0.4 is 5.32 Å². The molecule has 0 unspecified atom stereocenters. The second kappa shape index (κ2) is 6.42. The molecule has 1 fully saturated rings. The van der Waals surface area contributed by atoms with E-state index in [2.05, 4.69) is 10.3 Å². The van der Waals surface area contributed by atoms with E-state index >= 15 is 0 Å². The molecule has 2 rings (SSSR count). The second-order valence-corrected chi connectivity index (χ2v) is 8.34. The highest BCUT2D eigenvalue weighted by Gasteiger charge is 2.28. The van der Waals surface area contributed by atoms with Crippen molar-refractivity contribution in [2.45, 2.75) is 56.9 Å². The van der Waals surface area contributed by atoms with Gasteiger partial charge >= 0.3 is 0 Å². The van der Waals surface area contributed by atoms with Crippen molar-refractivity contribution in [3.63, 3.8) is 0 Å². The van der Waals surface area contributed by atoms with Crippen LogP contribution in [-0.4, -0.2) is 42.2 Å². The number of nitrogens with zero attached hydrogens (tertiary/aromatic N) is 1. The molecular weight excluding hydrogens is 302 g/mol. The number of aromatic amines is 1. The van der Waals surface area contributed by atoms with Crippen LogP contribution in [0.4, 0.5) is 0 Å². The fourth-order valence-electron chi connectivity index (χ4n) is 2.37. The van der Waals surface area contributed by atoms with E-state index in [1.165, 1.54) is 16.6 Å². The van der Waals surface area contributed by atoms with Crippen LogP contribution in [0.2, 0.25) is 0 Å². The summed E-state index contributed by atoms with van der Waals surface area (Å²) in [5, 5.41) is 2.89. The third-order valence-corrected chi connectivity index (χ3v) is 6.07. The van der Waals surface area contributed by atoms with E-state index in [4.69, 9.17) is 0 Å². The molecule has 0 radical (unpaired) electrons. The van der Waals surface area contributed by atoms with Crippen LogP contribution in [0.15, 0.2) is 17.2 Å². The van der Waals surface area contributed by atoms with Gasteiger partial charge in [0.1, 0.15) is 10.6 Å². The minimum Gasteiger partial charge on any atom is -0.356 e. The van der Waals surface area contributed by atoms with Gasteiger partial charge in [-0.05, 0) is 39.2 Å². The van der Waals surface area contributed by atoms with Gasteiger partial charge in [0.15, 0.2) is 0 Å². The maximum atomic E-state index is 12.5. The minimum absolute atomic E-state index is 0.161. The summed E-state index contributed by atoms with van der Waals surface area (Å²) in [6.45, 7) is 6.95. The van der Waals surface area contributed by atoms with Crippen molar-refractivity contribution in [3.8, 4) is 0 Å². The lowest BCUT2D eigenvalue weighted by atomic mass is 10.0. The Kier molecular flexibility index (Phi) is 4.97. The van der Waals surface area contributed by atoms with Crippen molar-refractivity contribution >= 4 is 15.9 Å². The lowest BCUT2D eigenvalue weighted by Gasteiger charge is -2.25. The Morgan fingerprint density at radius 2 is 1.95 bits per heavy atom. The number of carbonyl (C=O) groups is 1. The molecule has 1 saturated heterocycles. The molecule has 1 amide bonds. The van der Waals surface area contributed by atoms with E-state index in [9.17, 15) is 13.2 Å². The molecule has 1 aromatic heterocycles. The number of sulfonamides is 1. The SMILES string of the molecule is CCC(C)(C)NC(=O)c1cc(S(=O)(=O)N2CCCCC2)c[nH]1. The first-order valence-corrected chi connectivity index (χ1v) is 9.21. The van der Waals surface area contributed by atoms with Crippen molar-refractivity contribution in [2.75, 3.05) is 13.1 Å². The lowest BCUT2D eigenvalue weighted by Crippen LogP contribution is -2.42. The van der Waals surface area contributed by atoms with Crippen molar-refractivity contribution in [3.05, 3.63) is 18.0 Å². The Hall–Kier alpha value is -1.34. The number of amides is 1. The smallest absolute Gasteiger partial charge is 0.268 e. The van der Waals surface area contributed by atoms with Crippen molar-refractivity contribution < 1.29 is 13.2 Å². The van der Waals surface area contributed by atoms with Gasteiger partial charge in [-0.15, -0.1) is 0 Å². The molecule has 2 N–H and O–H groups in total. The zero-order valence-electron chi connectivity index (χ0n) is 13.5. The number of hydrogen-bond donors (Lipinski definition) is 2. The average molecular weight is 327 g/mol. The fraction of sp³-hybridized carbons (Fsp3) is 0.667. The van der Waals surface area contributed by atoms with Gasteiger partial charge in [0.05, 0.1) is 0 Å². The fourth-order valence-corrected chi connectivity index (χ4v) is 3.88. The molecule has 0 aromatic carbocycles. The molecule has 7 heteroatoms. The van der Waals surface area contributed by atoms with Crippen molar-refractivity contribution in [1.82, 2.24) is 14.6 Å². The Morgan fingerprint density at radius 3 is 2.55 bits per heavy atom. The van der Waals surface area contributed by atoms with Gasteiger partial charge in [-0.25, -0.2) is 8.42 Å². The van der Waals surface area contributed by atoms with Crippen molar-refractivity contribution in [1.29, 1.82) is 0 Å². The van der Waals surface area contributed by atoms with Gasteiger partial charge in [-0.2, -0.15) is 4.31 Å². The summed E-state index contributed by atoms with van der Waals surface area (Å²) in [7, 11) is -3.50. The maximum absolute atomic E-state index is 12.5. The number of piperidine rings is 1. The standard InChI is InChI=1S/C15H25N3O3S/c1-4-15(2,3)17-14(19)13-10-12(11-16-13)22(20,21)18-8-6-5-7-9-18/h10-11,16H,4-9H2,1-3H3,(H,17,19). The van der Waals surface area contributed by atoms with Crippen LogP contribution in [0.3, 0.4) is 0 Å². The molecular formula is C15H25N3O3S. The number of H-pyrrole nitrogens is 1. The van der Waals surface area contributed by atoms with E-state index < -0.39 is 10.0 Å². The zero-order chi connectivity index (χ0) is 16.4. The quantitative estimate of drug-likeness (QED) is 0.869. The Bertz CT molecular complexity index is 628. The number of aromatic nitrogens is 1. The summed E-state index contributed by atoms with van der Waals surface area (Å²) < 4.78 is 26.6. The highest BCUT2D eigenvalue weighted by atomic mass is 32.2. The van der Waals surface area contributed by atoms with Crippen molar-refractivity contribution in [2.24, 2.45) is 0 Å². The van der Waals surface area contributed by atoms with Crippen LogP contribution in [0.5, 0.6) is 0 Å². The number of nitrogens with one attached hydrogen (secondary N) is 2. The van der Waals surface area contributed by atoms with Gasteiger partial charge in [0.25, 0.3) is 5.91 Å². The zero-order valence-corrected chi connectivity index (χ0v) is 14.3. The molecule has 0 atom stereocenters. The van der Waals surface area contributed by atoms with Gasteiger partial charge in [-0.1, -0.05) is 13.3 Å². The molecule has 22 heavy (non-hydrogen) atoms. The Labute approximate surface area is 132 Å². The molecule has 124 valence electrons. The van der Waals surface area contributed by atoms with Gasteiger partial charge < -0.3 is 10.3 Å². The monoisotopic (exact) mass is 327 g/mol. The molecule has 0 bridgehead atoms. The third kappa shape index (κ3) is 3.70.